The standard InChI is InChI=1S/C35H51N3O2/c1-27(2)40-33-10-8-9-30(24-33)25-34(39)38-22-16-35(26-38,31-12-11-28(3)29(4)23-31)15-21-36-19-13-32(14-20-36)37-17-6-5-7-18-37/h8-12,23-24,27,32H,5-7,13-22,25-26H2,1-4H3. The number of benzene rings is 2. The first kappa shape index (κ1) is 29.1. The molecule has 0 spiro atoms. The van der Waals surface area contributed by atoms with Gasteiger partial charge in [0.1, 0.15) is 5.75 Å². The van der Waals surface area contributed by atoms with Gasteiger partial charge in [0.15, 0.2) is 0 Å². The fraction of sp³-hybridized carbons (Fsp3) is 0.629. The molecular weight excluding hydrogens is 494 g/mol. The number of ether oxygens (including phenoxy) is 1. The quantitative estimate of drug-likeness (QED) is 0.379. The fourth-order valence-electron chi connectivity index (χ4n) is 7.19. The van der Waals surface area contributed by atoms with Gasteiger partial charge in [0.05, 0.1) is 12.5 Å². The molecule has 2 aromatic rings. The lowest BCUT2D eigenvalue weighted by molar-refractivity contribution is -0.129. The van der Waals surface area contributed by atoms with Gasteiger partial charge in [-0.25, -0.2) is 0 Å². The summed E-state index contributed by atoms with van der Waals surface area (Å²) in [5.74, 6) is 1.07. The van der Waals surface area contributed by atoms with Crippen LogP contribution >= 0.6 is 0 Å². The van der Waals surface area contributed by atoms with Gasteiger partial charge in [-0.3, -0.25) is 4.79 Å². The van der Waals surface area contributed by atoms with Crippen LogP contribution in [0.4, 0.5) is 0 Å². The molecule has 1 unspecified atom stereocenters. The van der Waals surface area contributed by atoms with E-state index in [4.69, 9.17) is 4.74 Å². The molecule has 1 amide bonds. The second-order valence-electron chi connectivity index (χ2n) is 13.1. The Morgan fingerprint density at radius 2 is 1.73 bits per heavy atom. The molecular formula is C35H51N3O2. The van der Waals surface area contributed by atoms with Gasteiger partial charge >= 0.3 is 0 Å². The Bertz CT molecular complexity index is 1130. The second kappa shape index (κ2) is 13.1. The highest BCUT2D eigenvalue weighted by Gasteiger charge is 2.41. The lowest BCUT2D eigenvalue weighted by Gasteiger charge is -2.41. The van der Waals surface area contributed by atoms with Gasteiger partial charge in [-0.1, -0.05) is 36.8 Å². The maximum absolute atomic E-state index is 13.6. The fourth-order valence-corrected chi connectivity index (χ4v) is 7.19. The van der Waals surface area contributed by atoms with Crippen LogP contribution in [0.25, 0.3) is 0 Å². The van der Waals surface area contributed by atoms with Crippen LogP contribution in [0.2, 0.25) is 0 Å². The molecule has 3 aliphatic rings. The smallest absolute Gasteiger partial charge is 0.227 e. The third kappa shape index (κ3) is 7.09. The predicted octanol–water partition coefficient (Wildman–Crippen LogP) is 6.14. The van der Waals surface area contributed by atoms with Crippen molar-refractivity contribution in [1.29, 1.82) is 0 Å². The van der Waals surface area contributed by atoms with Gasteiger partial charge in [0.2, 0.25) is 5.91 Å². The highest BCUT2D eigenvalue weighted by Crippen LogP contribution is 2.39. The summed E-state index contributed by atoms with van der Waals surface area (Å²) in [5.41, 5.74) is 5.17. The minimum atomic E-state index is 0.0282. The summed E-state index contributed by atoms with van der Waals surface area (Å²) < 4.78 is 5.87. The number of rotatable bonds is 9. The topological polar surface area (TPSA) is 36.0 Å². The van der Waals surface area contributed by atoms with Gasteiger partial charge < -0.3 is 19.4 Å². The maximum Gasteiger partial charge on any atom is 0.227 e. The molecule has 0 aromatic heterocycles. The van der Waals surface area contributed by atoms with Crippen molar-refractivity contribution in [3.63, 3.8) is 0 Å². The Hall–Kier alpha value is -2.37. The van der Waals surface area contributed by atoms with Crippen molar-refractivity contribution in [2.24, 2.45) is 0 Å². The van der Waals surface area contributed by atoms with Crippen LogP contribution in [0.1, 0.15) is 81.0 Å². The predicted molar refractivity (Wildman–Crippen MR) is 164 cm³/mol. The molecule has 3 aliphatic heterocycles. The van der Waals surface area contributed by atoms with Crippen LogP contribution in [-0.4, -0.2) is 78.6 Å². The SMILES string of the molecule is Cc1ccc(C2(CCN3CCC(N4CCCCC4)CC3)CCN(C(=O)Cc3cccc(OC(C)C)c3)C2)cc1C. The van der Waals surface area contributed by atoms with E-state index in [2.05, 4.69) is 46.7 Å². The molecule has 0 aliphatic carbocycles. The molecule has 0 radical (unpaired) electrons. The Labute approximate surface area is 242 Å². The minimum Gasteiger partial charge on any atom is -0.491 e. The van der Waals surface area contributed by atoms with E-state index in [9.17, 15) is 4.79 Å². The van der Waals surface area contributed by atoms with E-state index in [0.29, 0.717) is 6.42 Å². The number of likely N-dealkylation sites (tertiary alicyclic amines) is 3. The van der Waals surface area contributed by atoms with Crippen molar-refractivity contribution in [3.05, 3.63) is 64.7 Å². The van der Waals surface area contributed by atoms with Crippen LogP contribution in [0.3, 0.4) is 0 Å². The summed E-state index contributed by atoms with van der Waals surface area (Å²) in [6.45, 7) is 16.3. The zero-order valence-electron chi connectivity index (χ0n) is 25.5. The van der Waals surface area contributed by atoms with Crippen molar-refractivity contribution in [1.82, 2.24) is 14.7 Å². The molecule has 3 fully saturated rings. The third-order valence-corrected chi connectivity index (χ3v) is 9.82. The van der Waals surface area contributed by atoms with Gasteiger partial charge in [-0.2, -0.15) is 0 Å². The third-order valence-electron chi connectivity index (χ3n) is 9.82. The van der Waals surface area contributed by atoms with Crippen molar-refractivity contribution >= 4 is 5.91 Å². The molecule has 2 aromatic carbocycles. The van der Waals surface area contributed by atoms with E-state index >= 15 is 0 Å². The average Bonchev–Trinajstić information content (AvgIpc) is 3.40. The van der Waals surface area contributed by atoms with Crippen molar-refractivity contribution in [2.45, 2.75) is 96.6 Å². The first-order valence-electron chi connectivity index (χ1n) is 15.9. The largest absolute Gasteiger partial charge is 0.491 e. The molecule has 40 heavy (non-hydrogen) atoms. The lowest BCUT2D eigenvalue weighted by Crippen LogP contribution is -2.47. The summed E-state index contributed by atoms with van der Waals surface area (Å²) >= 11 is 0. The molecule has 0 N–H and O–H groups in total. The van der Waals surface area contributed by atoms with E-state index in [1.165, 1.54) is 75.0 Å². The van der Waals surface area contributed by atoms with Crippen LogP contribution in [0.15, 0.2) is 42.5 Å². The van der Waals surface area contributed by atoms with Crippen molar-refractivity contribution in [2.75, 3.05) is 45.8 Å². The summed E-state index contributed by atoms with van der Waals surface area (Å²) in [4.78, 5) is 21.2. The number of carbonyl (C=O) groups is 1. The summed E-state index contributed by atoms with van der Waals surface area (Å²) in [5, 5.41) is 0. The van der Waals surface area contributed by atoms with E-state index in [1.807, 2.05) is 38.1 Å². The molecule has 5 rings (SSSR count). The van der Waals surface area contributed by atoms with Gasteiger partial charge in [0.25, 0.3) is 0 Å². The van der Waals surface area contributed by atoms with Crippen molar-refractivity contribution in [3.8, 4) is 5.75 Å². The van der Waals surface area contributed by atoms with Gasteiger partial charge in [-0.05, 0) is 133 Å². The summed E-state index contributed by atoms with van der Waals surface area (Å²) in [6, 6.07) is 15.9. The number of hydrogen-bond acceptors (Lipinski definition) is 4. The highest BCUT2D eigenvalue weighted by atomic mass is 16.5. The molecule has 1 atom stereocenters. The summed E-state index contributed by atoms with van der Waals surface area (Å²) in [6.07, 6.45) is 9.50. The Kier molecular flexibility index (Phi) is 9.53. The Balaban J connectivity index is 1.24. The van der Waals surface area contributed by atoms with Gasteiger partial charge in [0, 0.05) is 24.5 Å². The Morgan fingerprint density at radius 3 is 2.45 bits per heavy atom. The molecule has 0 bridgehead atoms. The van der Waals surface area contributed by atoms with E-state index in [0.717, 1.165) is 49.8 Å². The number of piperidine rings is 2. The number of carbonyl (C=O) groups excluding carboxylic acids is 1. The summed E-state index contributed by atoms with van der Waals surface area (Å²) in [7, 11) is 0. The number of nitrogens with zero attached hydrogens (tertiary/aromatic N) is 3. The Morgan fingerprint density at radius 1 is 0.950 bits per heavy atom. The van der Waals surface area contributed by atoms with E-state index in [-0.39, 0.29) is 17.4 Å². The van der Waals surface area contributed by atoms with Crippen molar-refractivity contribution < 1.29 is 9.53 Å². The maximum atomic E-state index is 13.6. The van der Waals surface area contributed by atoms with E-state index < -0.39 is 0 Å². The highest BCUT2D eigenvalue weighted by molar-refractivity contribution is 5.79. The second-order valence-corrected chi connectivity index (χ2v) is 13.1. The molecule has 3 saturated heterocycles. The molecule has 0 saturated carbocycles. The minimum absolute atomic E-state index is 0.0282. The monoisotopic (exact) mass is 545 g/mol. The van der Waals surface area contributed by atoms with E-state index in [1.54, 1.807) is 0 Å². The molecule has 218 valence electrons. The average molecular weight is 546 g/mol. The van der Waals surface area contributed by atoms with Crippen LogP contribution < -0.4 is 4.74 Å². The van der Waals surface area contributed by atoms with Crippen LogP contribution in [-0.2, 0) is 16.6 Å². The van der Waals surface area contributed by atoms with Crippen LogP contribution in [0, 0.1) is 13.8 Å². The van der Waals surface area contributed by atoms with Gasteiger partial charge in [-0.15, -0.1) is 0 Å². The van der Waals surface area contributed by atoms with Crippen LogP contribution in [0.5, 0.6) is 5.75 Å². The molecule has 3 heterocycles. The zero-order chi connectivity index (χ0) is 28.1. The lowest BCUT2D eigenvalue weighted by atomic mass is 9.75. The first-order valence-corrected chi connectivity index (χ1v) is 15.9. The first-order chi connectivity index (χ1) is 19.3. The number of aryl methyl sites for hydroxylation is 2. The molecule has 5 heteroatoms. The normalized spacial score (nSPS) is 23.2. The zero-order valence-corrected chi connectivity index (χ0v) is 25.5. The molecule has 5 nitrogen and oxygen atoms in total. The number of amides is 1. The number of hydrogen-bond donors (Lipinski definition) is 0.